The highest BCUT2D eigenvalue weighted by molar-refractivity contribution is 5.89. The van der Waals surface area contributed by atoms with Crippen LogP contribution in [0.5, 0.6) is 5.75 Å². The second kappa shape index (κ2) is 9.19. The minimum absolute atomic E-state index is 0.208. The Bertz CT molecular complexity index is 1330. The maximum Gasteiger partial charge on any atom is 0.302 e. The quantitative estimate of drug-likeness (QED) is 0.384. The molecular weight excluding hydrogens is 434 g/mol. The summed E-state index contributed by atoms with van der Waals surface area (Å²) in [7, 11) is 1.63. The molecule has 2 aromatic heterocycles. The van der Waals surface area contributed by atoms with E-state index in [4.69, 9.17) is 20.2 Å². The van der Waals surface area contributed by atoms with Crippen LogP contribution in [-0.2, 0) is 34.7 Å². The summed E-state index contributed by atoms with van der Waals surface area (Å²) in [5.74, 6) is 0.255. The van der Waals surface area contributed by atoms with Crippen molar-refractivity contribution in [3.63, 3.8) is 0 Å². The average molecular weight is 466 g/mol. The largest absolute Gasteiger partial charge is 0.497 e. The highest BCUT2D eigenvalue weighted by Gasteiger charge is 2.35. The lowest BCUT2D eigenvalue weighted by Gasteiger charge is -2.29. The van der Waals surface area contributed by atoms with E-state index in [0.29, 0.717) is 24.2 Å². The standard InChI is InChI=1S/C26H31N3O5/c1-5-17-18-11-16(33-4)7-8-22(18)28-24-19(17)13-29-23(24)12-21(26(32,6-2)9-10-27)20(25(29)31)14-34-15(3)30/h7-8,11-12,32H,5-6,9-10,13-14,27H2,1-4H3. The van der Waals surface area contributed by atoms with Gasteiger partial charge < -0.3 is 24.9 Å². The number of pyridine rings is 2. The lowest BCUT2D eigenvalue weighted by molar-refractivity contribution is -0.142. The van der Waals surface area contributed by atoms with Gasteiger partial charge >= 0.3 is 5.97 Å². The first kappa shape index (κ1) is 23.9. The number of ether oxygens (including phenoxy) is 2. The predicted molar refractivity (Wildman–Crippen MR) is 130 cm³/mol. The zero-order chi connectivity index (χ0) is 24.6. The Morgan fingerprint density at radius 3 is 2.65 bits per heavy atom. The molecule has 0 saturated heterocycles. The first-order valence-corrected chi connectivity index (χ1v) is 11.6. The van der Waals surface area contributed by atoms with Crippen molar-refractivity contribution >= 4 is 16.9 Å². The SMILES string of the molecule is CCc1c2c(nc3ccc(OC)cc13)-c1cc(C(O)(CC)CCN)c(COC(C)=O)c(=O)n1C2. The number of hydrogen-bond acceptors (Lipinski definition) is 7. The Balaban J connectivity index is 2.00. The number of aryl methyl sites for hydroxylation is 1. The van der Waals surface area contributed by atoms with E-state index in [1.54, 1.807) is 11.7 Å². The van der Waals surface area contributed by atoms with Gasteiger partial charge in [0.25, 0.3) is 5.56 Å². The fourth-order valence-corrected chi connectivity index (χ4v) is 4.93. The second-order valence-corrected chi connectivity index (χ2v) is 8.67. The van der Waals surface area contributed by atoms with Crippen LogP contribution in [-0.4, -0.2) is 34.3 Å². The summed E-state index contributed by atoms with van der Waals surface area (Å²) in [6, 6.07) is 7.59. The lowest BCUT2D eigenvalue weighted by atomic mass is 9.85. The molecule has 3 heterocycles. The normalized spacial score (nSPS) is 13.9. The highest BCUT2D eigenvalue weighted by Crippen LogP contribution is 2.39. The highest BCUT2D eigenvalue weighted by atomic mass is 16.5. The first-order chi connectivity index (χ1) is 16.3. The van der Waals surface area contributed by atoms with Crippen molar-refractivity contribution in [1.29, 1.82) is 0 Å². The number of aliphatic hydroxyl groups is 1. The predicted octanol–water partition coefficient (Wildman–Crippen LogP) is 3.01. The van der Waals surface area contributed by atoms with Crippen LogP contribution in [0.15, 0.2) is 29.1 Å². The Hall–Kier alpha value is -3.23. The van der Waals surface area contributed by atoms with Gasteiger partial charge in [0.2, 0.25) is 0 Å². The van der Waals surface area contributed by atoms with Crippen LogP contribution in [0.4, 0.5) is 0 Å². The van der Waals surface area contributed by atoms with Crippen LogP contribution < -0.4 is 16.0 Å². The van der Waals surface area contributed by atoms with E-state index in [0.717, 1.165) is 39.9 Å². The van der Waals surface area contributed by atoms with E-state index >= 15 is 0 Å². The minimum Gasteiger partial charge on any atom is -0.497 e. The molecule has 8 heteroatoms. The van der Waals surface area contributed by atoms with Crippen LogP contribution in [0.25, 0.3) is 22.3 Å². The van der Waals surface area contributed by atoms with E-state index in [1.165, 1.54) is 6.92 Å². The van der Waals surface area contributed by atoms with Crippen LogP contribution in [0.3, 0.4) is 0 Å². The maximum atomic E-state index is 13.7. The molecule has 0 bridgehead atoms. The number of nitrogens with two attached hydrogens (primary N) is 1. The van der Waals surface area contributed by atoms with Crippen molar-refractivity contribution in [2.75, 3.05) is 13.7 Å². The Morgan fingerprint density at radius 2 is 2.03 bits per heavy atom. The van der Waals surface area contributed by atoms with E-state index in [-0.39, 0.29) is 30.7 Å². The number of rotatable bonds is 8. The molecule has 1 aromatic carbocycles. The zero-order valence-electron chi connectivity index (χ0n) is 20.1. The van der Waals surface area contributed by atoms with Gasteiger partial charge in [0.05, 0.1) is 41.7 Å². The summed E-state index contributed by atoms with van der Waals surface area (Å²) in [6.07, 6.45) is 1.39. The molecule has 0 spiro atoms. The smallest absolute Gasteiger partial charge is 0.302 e. The Morgan fingerprint density at radius 1 is 1.26 bits per heavy atom. The molecule has 34 heavy (non-hydrogen) atoms. The third-order valence-electron chi connectivity index (χ3n) is 6.79. The van der Waals surface area contributed by atoms with Crippen molar-refractivity contribution in [3.8, 4) is 17.1 Å². The van der Waals surface area contributed by atoms with Gasteiger partial charge in [-0.2, -0.15) is 0 Å². The molecule has 8 nitrogen and oxygen atoms in total. The third-order valence-corrected chi connectivity index (χ3v) is 6.79. The fraction of sp³-hybridized carbons (Fsp3) is 0.423. The van der Waals surface area contributed by atoms with E-state index < -0.39 is 11.6 Å². The first-order valence-electron chi connectivity index (χ1n) is 11.6. The number of fused-ring (bicyclic) bond motifs is 4. The molecule has 1 atom stereocenters. The molecule has 0 radical (unpaired) electrons. The Labute approximate surface area is 198 Å². The van der Waals surface area contributed by atoms with E-state index in [2.05, 4.69) is 6.92 Å². The van der Waals surface area contributed by atoms with E-state index in [1.807, 2.05) is 31.2 Å². The van der Waals surface area contributed by atoms with Crippen molar-refractivity contribution in [2.24, 2.45) is 5.73 Å². The molecule has 3 N–H and O–H groups in total. The molecule has 180 valence electrons. The van der Waals surface area contributed by atoms with Crippen LogP contribution in [0.2, 0.25) is 0 Å². The van der Waals surface area contributed by atoms with Gasteiger partial charge in [-0.15, -0.1) is 0 Å². The number of carbonyl (C=O) groups excluding carboxylic acids is 1. The fourth-order valence-electron chi connectivity index (χ4n) is 4.93. The van der Waals surface area contributed by atoms with Gasteiger partial charge in [-0.05, 0) is 61.2 Å². The number of aromatic nitrogens is 2. The van der Waals surface area contributed by atoms with Gasteiger partial charge in [0, 0.05) is 17.9 Å². The minimum atomic E-state index is -1.32. The molecule has 1 aliphatic heterocycles. The topological polar surface area (TPSA) is 117 Å². The summed E-state index contributed by atoms with van der Waals surface area (Å²) in [5, 5.41) is 12.5. The van der Waals surface area contributed by atoms with Crippen LogP contribution in [0, 0.1) is 0 Å². The van der Waals surface area contributed by atoms with Crippen molar-refractivity contribution in [1.82, 2.24) is 9.55 Å². The third kappa shape index (κ3) is 3.86. The molecule has 3 aromatic rings. The van der Waals surface area contributed by atoms with Crippen molar-refractivity contribution in [2.45, 2.75) is 58.8 Å². The number of methoxy groups -OCH3 is 1. The lowest BCUT2D eigenvalue weighted by Crippen LogP contribution is -2.35. The molecule has 0 fully saturated rings. The number of esters is 1. The summed E-state index contributed by atoms with van der Waals surface area (Å²) in [4.78, 5) is 30.2. The summed E-state index contributed by atoms with van der Waals surface area (Å²) in [5.41, 5.74) is 9.20. The monoisotopic (exact) mass is 465 g/mol. The number of nitrogens with zero attached hydrogens (tertiary/aromatic N) is 2. The summed E-state index contributed by atoms with van der Waals surface area (Å²) in [6.45, 7) is 5.62. The average Bonchev–Trinajstić information content (AvgIpc) is 3.19. The summed E-state index contributed by atoms with van der Waals surface area (Å²) >= 11 is 0. The maximum absolute atomic E-state index is 13.7. The molecule has 0 saturated carbocycles. The van der Waals surface area contributed by atoms with Crippen LogP contribution in [0.1, 0.15) is 55.9 Å². The molecule has 1 aliphatic rings. The molecule has 0 aliphatic carbocycles. The second-order valence-electron chi connectivity index (χ2n) is 8.67. The number of carbonyl (C=O) groups is 1. The molecular formula is C26H31N3O5. The number of benzene rings is 1. The molecule has 0 amide bonds. The van der Waals surface area contributed by atoms with E-state index in [9.17, 15) is 14.7 Å². The van der Waals surface area contributed by atoms with Gasteiger partial charge in [0.1, 0.15) is 12.4 Å². The van der Waals surface area contributed by atoms with Crippen LogP contribution >= 0.6 is 0 Å². The van der Waals surface area contributed by atoms with Gasteiger partial charge in [0.15, 0.2) is 0 Å². The zero-order valence-corrected chi connectivity index (χ0v) is 20.1. The van der Waals surface area contributed by atoms with Gasteiger partial charge in [-0.3, -0.25) is 9.59 Å². The summed E-state index contributed by atoms with van der Waals surface area (Å²) < 4.78 is 12.3. The molecule has 4 rings (SSSR count). The van der Waals surface area contributed by atoms with Crippen molar-refractivity contribution in [3.05, 3.63) is 56.9 Å². The number of hydrogen-bond donors (Lipinski definition) is 2. The Kier molecular flexibility index (Phi) is 6.47. The van der Waals surface area contributed by atoms with Gasteiger partial charge in [-0.1, -0.05) is 13.8 Å². The molecule has 1 unspecified atom stereocenters. The van der Waals surface area contributed by atoms with Gasteiger partial charge in [-0.25, -0.2) is 4.98 Å². The van der Waals surface area contributed by atoms with Crippen molar-refractivity contribution < 1.29 is 19.4 Å².